The second kappa shape index (κ2) is 7.55. The number of aromatic nitrogens is 1. The number of hydrogen-bond donors (Lipinski definition) is 2. The smallest absolute Gasteiger partial charge is 0.227 e. The molecule has 2 heterocycles. The van der Waals surface area contributed by atoms with E-state index >= 15 is 0 Å². The lowest BCUT2D eigenvalue weighted by molar-refractivity contribution is -0.139. The second-order valence-electron chi connectivity index (χ2n) is 6.26. The monoisotopic (exact) mass is 324 g/mol. The van der Waals surface area contributed by atoms with Crippen molar-refractivity contribution in [3.63, 3.8) is 0 Å². The molecule has 0 aliphatic carbocycles. The van der Waals surface area contributed by atoms with Crippen molar-refractivity contribution < 1.29 is 4.79 Å². The van der Waals surface area contributed by atoms with Crippen molar-refractivity contribution in [2.75, 3.05) is 19.6 Å². The minimum atomic E-state index is -0.303. The summed E-state index contributed by atoms with van der Waals surface area (Å²) in [5, 5.41) is 3.37. The Hall–Kier alpha value is -2.24. The second-order valence-corrected chi connectivity index (χ2v) is 6.26. The molecule has 0 bridgehead atoms. The summed E-state index contributed by atoms with van der Waals surface area (Å²) in [4.78, 5) is 19.2. The van der Waals surface area contributed by atoms with Crippen LogP contribution in [0.5, 0.6) is 0 Å². The van der Waals surface area contributed by atoms with Crippen LogP contribution < -0.4 is 11.1 Å². The van der Waals surface area contributed by atoms with Crippen LogP contribution in [0, 0.1) is 5.92 Å². The van der Waals surface area contributed by atoms with Gasteiger partial charge in [0.2, 0.25) is 5.91 Å². The Labute approximate surface area is 142 Å². The van der Waals surface area contributed by atoms with E-state index in [1.54, 1.807) is 6.20 Å². The number of rotatable bonds is 4. The van der Waals surface area contributed by atoms with Crippen LogP contribution in [0.25, 0.3) is 0 Å². The minimum absolute atomic E-state index is 0.00498. The highest BCUT2D eigenvalue weighted by Crippen LogP contribution is 2.27. The third-order valence-electron chi connectivity index (χ3n) is 4.71. The zero-order chi connectivity index (χ0) is 16.9. The molecule has 3 atom stereocenters. The Kier molecular flexibility index (Phi) is 5.23. The van der Waals surface area contributed by atoms with E-state index in [1.807, 2.05) is 60.5 Å². The fourth-order valence-electron chi connectivity index (χ4n) is 3.22. The molecule has 3 unspecified atom stereocenters. The molecular formula is C19H24N4O. The van der Waals surface area contributed by atoms with Gasteiger partial charge in [0.15, 0.2) is 0 Å². The lowest BCUT2D eigenvalue weighted by Gasteiger charge is -2.38. The van der Waals surface area contributed by atoms with Crippen molar-refractivity contribution in [3.8, 4) is 0 Å². The standard InChI is InChI=1S/C19H24N4O/c1-14(18(20)15-6-3-2-4-7-15)19(24)23-11-10-22-13-17(23)16-8-5-9-21-12-16/h2-9,12,14,17-18,22H,10-11,13,20H2,1H3. The molecule has 1 aromatic carbocycles. The molecule has 3 rings (SSSR count). The summed E-state index contributed by atoms with van der Waals surface area (Å²) in [7, 11) is 0. The van der Waals surface area contributed by atoms with Gasteiger partial charge in [-0.3, -0.25) is 9.78 Å². The first-order chi connectivity index (χ1) is 11.7. The van der Waals surface area contributed by atoms with E-state index in [1.165, 1.54) is 0 Å². The van der Waals surface area contributed by atoms with Crippen molar-refractivity contribution in [3.05, 3.63) is 66.0 Å². The summed E-state index contributed by atoms with van der Waals surface area (Å²) in [5.41, 5.74) is 8.40. The molecule has 1 aromatic heterocycles. The average Bonchev–Trinajstić information content (AvgIpc) is 2.67. The minimum Gasteiger partial charge on any atom is -0.333 e. The van der Waals surface area contributed by atoms with Gasteiger partial charge in [-0.1, -0.05) is 43.3 Å². The van der Waals surface area contributed by atoms with E-state index in [2.05, 4.69) is 10.3 Å². The molecule has 126 valence electrons. The number of nitrogens with one attached hydrogen (secondary N) is 1. The van der Waals surface area contributed by atoms with Crippen molar-refractivity contribution in [2.45, 2.75) is 19.0 Å². The van der Waals surface area contributed by atoms with Crippen LogP contribution in [-0.2, 0) is 4.79 Å². The summed E-state index contributed by atoms with van der Waals surface area (Å²) >= 11 is 0. The third kappa shape index (κ3) is 3.47. The first kappa shape index (κ1) is 16.6. The van der Waals surface area contributed by atoms with Crippen LogP contribution in [0.3, 0.4) is 0 Å². The Morgan fingerprint density at radius 2 is 2.08 bits per heavy atom. The van der Waals surface area contributed by atoms with Gasteiger partial charge in [0, 0.05) is 38.1 Å². The van der Waals surface area contributed by atoms with Crippen LogP contribution in [0.2, 0.25) is 0 Å². The maximum absolute atomic E-state index is 13.1. The number of nitrogens with two attached hydrogens (primary N) is 1. The quantitative estimate of drug-likeness (QED) is 0.901. The van der Waals surface area contributed by atoms with Gasteiger partial charge in [-0.05, 0) is 17.2 Å². The Bertz CT molecular complexity index is 662. The SMILES string of the molecule is CC(C(=O)N1CCNCC1c1cccnc1)C(N)c1ccccc1. The van der Waals surface area contributed by atoms with Crippen molar-refractivity contribution >= 4 is 5.91 Å². The van der Waals surface area contributed by atoms with Gasteiger partial charge in [-0.15, -0.1) is 0 Å². The summed E-state index contributed by atoms with van der Waals surface area (Å²) in [5.74, 6) is -0.175. The highest BCUT2D eigenvalue weighted by atomic mass is 16.2. The number of nitrogens with zero attached hydrogens (tertiary/aromatic N) is 2. The van der Waals surface area contributed by atoms with Gasteiger partial charge in [-0.2, -0.15) is 0 Å². The van der Waals surface area contributed by atoms with E-state index in [0.717, 1.165) is 24.2 Å². The fourth-order valence-corrected chi connectivity index (χ4v) is 3.22. The number of pyridine rings is 1. The molecular weight excluding hydrogens is 300 g/mol. The summed E-state index contributed by atoms with van der Waals surface area (Å²) in [6.45, 7) is 4.15. The maximum atomic E-state index is 13.1. The zero-order valence-electron chi connectivity index (χ0n) is 13.9. The first-order valence-corrected chi connectivity index (χ1v) is 8.40. The number of amides is 1. The lowest BCUT2D eigenvalue weighted by atomic mass is 9.92. The number of hydrogen-bond acceptors (Lipinski definition) is 4. The van der Waals surface area contributed by atoms with E-state index in [9.17, 15) is 4.79 Å². The highest BCUT2D eigenvalue weighted by Gasteiger charge is 2.33. The van der Waals surface area contributed by atoms with Crippen molar-refractivity contribution in [1.82, 2.24) is 15.2 Å². The molecule has 1 aliphatic rings. The third-order valence-corrected chi connectivity index (χ3v) is 4.71. The van der Waals surface area contributed by atoms with Crippen LogP contribution >= 0.6 is 0 Å². The van der Waals surface area contributed by atoms with E-state index in [0.29, 0.717) is 6.54 Å². The molecule has 1 saturated heterocycles. The van der Waals surface area contributed by atoms with E-state index < -0.39 is 0 Å². The largest absolute Gasteiger partial charge is 0.333 e. The van der Waals surface area contributed by atoms with Crippen LogP contribution in [0.4, 0.5) is 0 Å². The van der Waals surface area contributed by atoms with Crippen LogP contribution in [-0.4, -0.2) is 35.4 Å². The molecule has 5 nitrogen and oxygen atoms in total. The molecule has 2 aromatic rings. The Morgan fingerprint density at radius 3 is 2.79 bits per heavy atom. The molecule has 1 amide bonds. The molecule has 1 aliphatic heterocycles. The van der Waals surface area contributed by atoms with E-state index in [-0.39, 0.29) is 23.9 Å². The first-order valence-electron chi connectivity index (χ1n) is 8.40. The predicted molar refractivity (Wildman–Crippen MR) is 94.1 cm³/mol. The van der Waals surface area contributed by atoms with Crippen molar-refractivity contribution in [2.24, 2.45) is 11.7 Å². The van der Waals surface area contributed by atoms with E-state index in [4.69, 9.17) is 5.73 Å². The Balaban J connectivity index is 1.79. The lowest BCUT2D eigenvalue weighted by Crippen LogP contribution is -2.51. The molecule has 0 radical (unpaired) electrons. The van der Waals surface area contributed by atoms with Gasteiger partial charge in [0.1, 0.15) is 0 Å². The number of piperazine rings is 1. The van der Waals surface area contributed by atoms with Gasteiger partial charge in [-0.25, -0.2) is 0 Å². The normalized spacial score (nSPS) is 20.4. The maximum Gasteiger partial charge on any atom is 0.227 e. The molecule has 0 spiro atoms. The molecule has 3 N–H and O–H groups in total. The Morgan fingerprint density at radius 1 is 1.29 bits per heavy atom. The van der Waals surface area contributed by atoms with Gasteiger partial charge < -0.3 is 16.0 Å². The molecule has 0 saturated carbocycles. The molecule has 1 fully saturated rings. The van der Waals surface area contributed by atoms with Gasteiger partial charge >= 0.3 is 0 Å². The average molecular weight is 324 g/mol. The fraction of sp³-hybridized carbons (Fsp3) is 0.368. The molecule has 5 heteroatoms. The zero-order valence-corrected chi connectivity index (χ0v) is 13.9. The van der Waals surface area contributed by atoms with Crippen molar-refractivity contribution in [1.29, 1.82) is 0 Å². The topological polar surface area (TPSA) is 71.2 Å². The van der Waals surface area contributed by atoms with Gasteiger partial charge in [0.05, 0.1) is 12.0 Å². The van der Waals surface area contributed by atoms with Crippen LogP contribution in [0.1, 0.15) is 30.1 Å². The number of carbonyl (C=O) groups is 1. The highest BCUT2D eigenvalue weighted by molar-refractivity contribution is 5.80. The van der Waals surface area contributed by atoms with Gasteiger partial charge in [0.25, 0.3) is 0 Å². The summed E-state index contributed by atoms with van der Waals surface area (Å²) in [6, 6.07) is 13.4. The summed E-state index contributed by atoms with van der Waals surface area (Å²) in [6.07, 6.45) is 3.58. The van der Waals surface area contributed by atoms with Crippen LogP contribution in [0.15, 0.2) is 54.9 Å². The molecule has 24 heavy (non-hydrogen) atoms. The summed E-state index contributed by atoms with van der Waals surface area (Å²) < 4.78 is 0. The number of benzene rings is 1. The number of carbonyl (C=O) groups excluding carboxylic acids is 1. The predicted octanol–water partition coefficient (Wildman–Crippen LogP) is 1.89.